The fraction of sp³-hybridized carbons (Fsp3) is 0.333. The summed E-state index contributed by atoms with van der Waals surface area (Å²) in [5, 5.41) is 4.85. The average molecular weight is 320 g/mol. The van der Waals surface area contributed by atoms with Crippen molar-refractivity contribution in [1.29, 1.82) is 0 Å². The molecule has 2 aromatic rings. The van der Waals surface area contributed by atoms with Crippen LogP contribution >= 0.6 is 11.3 Å². The van der Waals surface area contributed by atoms with Crippen molar-refractivity contribution in [1.82, 2.24) is 10.2 Å². The first kappa shape index (κ1) is 14.6. The maximum absolute atomic E-state index is 11.9. The Balaban J connectivity index is 1.45. The molecule has 0 aromatic carbocycles. The molecule has 1 aliphatic rings. The summed E-state index contributed by atoms with van der Waals surface area (Å²) in [4.78, 5) is 26.0. The number of nitrogens with zero attached hydrogens (tertiary/aromatic N) is 1. The molecule has 22 heavy (non-hydrogen) atoms. The van der Waals surface area contributed by atoms with Crippen LogP contribution in [0.15, 0.2) is 38.9 Å². The molecule has 0 saturated carbocycles. The Morgan fingerprint density at radius 3 is 3.00 bits per heavy atom. The van der Waals surface area contributed by atoms with Gasteiger partial charge in [-0.15, -0.1) is 11.3 Å². The van der Waals surface area contributed by atoms with Crippen LogP contribution in [0.2, 0.25) is 0 Å². The molecule has 1 N–H and O–H groups in total. The van der Waals surface area contributed by atoms with E-state index in [1.54, 1.807) is 29.2 Å². The summed E-state index contributed by atoms with van der Waals surface area (Å²) in [5.74, 6) is 0.991. The van der Waals surface area contributed by atoms with Crippen molar-refractivity contribution >= 4 is 17.4 Å². The zero-order valence-electron chi connectivity index (χ0n) is 12.1. The molecule has 7 heteroatoms. The normalized spacial score (nSPS) is 14.5. The first-order valence-electron chi connectivity index (χ1n) is 6.94. The lowest BCUT2D eigenvalue weighted by Gasteiger charge is -2.38. The summed E-state index contributed by atoms with van der Waals surface area (Å²) < 4.78 is 10.5. The third kappa shape index (κ3) is 3.48. The van der Waals surface area contributed by atoms with Crippen molar-refractivity contribution in [3.05, 3.63) is 50.7 Å². The topological polar surface area (TPSA) is 71.8 Å². The lowest BCUT2D eigenvalue weighted by Crippen LogP contribution is -2.58. The number of carbonyl (C=O) groups is 1. The molecule has 116 valence electrons. The lowest BCUT2D eigenvalue weighted by atomic mass is 10.2. The average Bonchev–Trinajstić information content (AvgIpc) is 2.92. The summed E-state index contributed by atoms with van der Waals surface area (Å²) in [5.41, 5.74) is -0.431. The number of amides is 2. The van der Waals surface area contributed by atoms with Gasteiger partial charge in [-0.2, -0.15) is 0 Å². The Hall–Kier alpha value is -2.28. The second-order valence-electron chi connectivity index (χ2n) is 5.11. The van der Waals surface area contributed by atoms with Gasteiger partial charge >= 0.3 is 11.7 Å². The maximum atomic E-state index is 11.9. The number of rotatable bonds is 4. The van der Waals surface area contributed by atoms with Crippen LogP contribution in [0.3, 0.4) is 0 Å². The summed E-state index contributed by atoms with van der Waals surface area (Å²) in [6, 6.07) is 6.82. The zero-order valence-corrected chi connectivity index (χ0v) is 12.9. The van der Waals surface area contributed by atoms with Crippen LogP contribution in [0, 0.1) is 6.92 Å². The molecule has 1 fully saturated rings. The fourth-order valence-corrected chi connectivity index (χ4v) is 2.85. The van der Waals surface area contributed by atoms with E-state index in [1.165, 1.54) is 6.07 Å². The van der Waals surface area contributed by atoms with Crippen LogP contribution in [0.4, 0.5) is 4.79 Å². The van der Waals surface area contributed by atoms with Gasteiger partial charge in [0.15, 0.2) is 0 Å². The van der Waals surface area contributed by atoms with Gasteiger partial charge in [0, 0.05) is 10.9 Å². The first-order valence-corrected chi connectivity index (χ1v) is 7.82. The van der Waals surface area contributed by atoms with Gasteiger partial charge in [0.05, 0.1) is 25.7 Å². The van der Waals surface area contributed by atoms with Gasteiger partial charge in [0.2, 0.25) is 0 Å². The zero-order chi connectivity index (χ0) is 15.5. The number of carbonyl (C=O) groups excluding carboxylic acids is 1. The summed E-state index contributed by atoms with van der Waals surface area (Å²) in [7, 11) is 0. The van der Waals surface area contributed by atoms with E-state index in [-0.39, 0.29) is 12.1 Å². The fourth-order valence-electron chi connectivity index (χ4n) is 2.20. The number of nitrogens with one attached hydrogen (secondary N) is 1. The van der Waals surface area contributed by atoms with Gasteiger partial charge in [0.25, 0.3) is 0 Å². The summed E-state index contributed by atoms with van der Waals surface area (Å²) >= 11 is 1.61. The molecule has 2 amide bonds. The quantitative estimate of drug-likeness (QED) is 0.935. The van der Waals surface area contributed by atoms with E-state index in [4.69, 9.17) is 9.15 Å². The number of likely N-dealkylation sites (tertiary alicyclic amines) is 1. The number of hydrogen-bond acceptors (Lipinski definition) is 5. The van der Waals surface area contributed by atoms with E-state index in [1.807, 2.05) is 17.5 Å². The number of urea groups is 1. The molecule has 3 rings (SSSR count). The molecule has 0 spiro atoms. The van der Waals surface area contributed by atoms with Crippen LogP contribution in [0.5, 0.6) is 5.75 Å². The van der Waals surface area contributed by atoms with Crippen LogP contribution in [-0.4, -0.2) is 30.1 Å². The molecule has 2 aromatic heterocycles. The van der Waals surface area contributed by atoms with E-state index >= 15 is 0 Å². The number of aryl methyl sites for hydroxylation is 1. The maximum Gasteiger partial charge on any atom is 0.339 e. The molecule has 0 aliphatic carbocycles. The molecule has 0 radical (unpaired) electrons. The van der Waals surface area contributed by atoms with E-state index < -0.39 is 5.63 Å². The standard InChI is InChI=1S/C15H16N2O4S/c1-10-5-11(6-14(18)20-10)21-12-8-17(9-12)15(19)16-7-13-3-2-4-22-13/h2-6,12H,7-9H2,1H3,(H,16,19). The Labute approximate surface area is 131 Å². The largest absolute Gasteiger partial charge is 0.486 e. The van der Waals surface area contributed by atoms with Gasteiger partial charge < -0.3 is 19.4 Å². The minimum Gasteiger partial charge on any atom is -0.486 e. The highest BCUT2D eigenvalue weighted by Crippen LogP contribution is 2.18. The predicted molar refractivity (Wildman–Crippen MR) is 82.3 cm³/mol. The molecule has 3 heterocycles. The first-order chi connectivity index (χ1) is 10.6. The lowest BCUT2D eigenvalue weighted by molar-refractivity contribution is 0.0438. The third-order valence-corrected chi connectivity index (χ3v) is 4.18. The molecule has 0 bridgehead atoms. The van der Waals surface area contributed by atoms with Crippen molar-refractivity contribution < 1.29 is 13.9 Å². The van der Waals surface area contributed by atoms with E-state index in [9.17, 15) is 9.59 Å². The minimum absolute atomic E-state index is 0.0892. The third-order valence-electron chi connectivity index (χ3n) is 3.30. The number of thiophene rings is 1. The van der Waals surface area contributed by atoms with Crippen LogP contribution in [0.1, 0.15) is 10.6 Å². The van der Waals surface area contributed by atoms with Crippen LogP contribution in [-0.2, 0) is 6.54 Å². The monoisotopic (exact) mass is 320 g/mol. The number of hydrogen-bond donors (Lipinski definition) is 1. The summed E-state index contributed by atoms with van der Waals surface area (Å²) in [6.45, 7) is 3.25. The summed E-state index contributed by atoms with van der Waals surface area (Å²) in [6.07, 6.45) is -0.0892. The van der Waals surface area contributed by atoms with Crippen molar-refractivity contribution in [2.45, 2.75) is 19.6 Å². The van der Waals surface area contributed by atoms with Gasteiger partial charge in [-0.05, 0) is 18.4 Å². The highest BCUT2D eigenvalue weighted by molar-refractivity contribution is 7.09. The van der Waals surface area contributed by atoms with Crippen LogP contribution < -0.4 is 15.7 Å². The van der Waals surface area contributed by atoms with Crippen LogP contribution in [0.25, 0.3) is 0 Å². The number of ether oxygens (including phenoxy) is 1. The van der Waals surface area contributed by atoms with Gasteiger partial charge in [-0.3, -0.25) is 0 Å². The second kappa shape index (κ2) is 6.23. The Kier molecular flexibility index (Phi) is 4.15. The van der Waals surface area contributed by atoms with Crippen molar-refractivity contribution in [3.8, 4) is 5.75 Å². The van der Waals surface area contributed by atoms with Crippen molar-refractivity contribution in [2.75, 3.05) is 13.1 Å². The Morgan fingerprint density at radius 2 is 2.32 bits per heavy atom. The Bertz CT molecular complexity index is 705. The van der Waals surface area contributed by atoms with E-state index in [2.05, 4.69) is 5.32 Å². The molecule has 1 aliphatic heterocycles. The highest BCUT2D eigenvalue weighted by atomic mass is 32.1. The second-order valence-corrected chi connectivity index (χ2v) is 6.14. The molecule has 6 nitrogen and oxygen atoms in total. The predicted octanol–water partition coefficient (Wildman–Crippen LogP) is 1.98. The molecular formula is C15H16N2O4S. The van der Waals surface area contributed by atoms with E-state index in [0.717, 1.165) is 4.88 Å². The van der Waals surface area contributed by atoms with Gasteiger partial charge in [0.1, 0.15) is 17.6 Å². The molecule has 0 atom stereocenters. The van der Waals surface area contributed by atoms with Crippen molar-refractivity contribution in [2.24, 2.45) is 0 Å². The van der Waals surface area contributed by atoms with Crippen molar-refractivity contribution in [3.63, 3.8) is 0 Å². The molecule has 0 unspecified atom stereocenters. The van der Waals surface area contributed by atoms with Gasteiger partial charge in [-0.1, -0.05) is 6.07 Å². The highest BCUT2D eigenvalue weighted by Gasteiger charge is 2.32. The Morgan fingerprint density at radius 1 is 1.50 bits per heavy atom. The SMILES string of the molecule is Cc1cc(OC2CN(C(=O)NCc3cccs3)C2)cc(=O)o1. The minimum atomic E-state index is -0.431. The molecular weight excluding hydrogens is 304 g/mol. The smallest absolute Gasteiger partial charge is 0.339 e. The van der Waals surface area contributed by atoms with E-state index in [0.29, 0.717) is 31.1 Å². The van der Waals surface area contributed by atoms with Gasteiger partial charge in [-0.25, -0.2) is 9.59 Å². The molecule has 1 saturated heterocycles.